The molecule has 0 saturated carbocycles. The van der Waals surface area contributed by atoms with Gasteiger partial charge >= 0.3 is 11.9 Å². The number of ether oxygens (including phenoxy) is 2. The fourth-order valence-electron chi connectivity index (χ4n) is 5.60. The number of anilines is 1. The van der Waals surface area contributed by atoms with Crippen molar-refractivity contribution in [1.82, 2.24) is 20.6 Å². The first-order chi connectivity index (χ1) is 26.2. The first kappa shape index (κ1) is 40.7. The normalized spacial score (nSPS) is 15.2. The number of hydrogen-bond acceptors (Lipinski definition) is 13. The van der Waals surface area contributed by atoms with Gasteiger partial charge in [-0.05, 0) is 36.2 Å². The highest BCUT2D eigenvalue weighted by Gasteiger charge is 2.43. The third-order valence-electron chi connectivity index (χ3n) is 8.65. The molecule has 16 nitrogen and oxygen atoms in total. The summed E-state index contributed by atoms with van der Waals surface area (Å²) < 4.78 is 11.3. The maximum atomic E-state index is 13.5. The molecular weight excluding hydrogens is 761 g/mol. The van der Waals surface area contributed by atoms with Gasteiger partial charge in [-0.3, -0.25) is 29.3 Å². The van der Waals surface area contributed by atoms with Crippen LogP contribution >= 0.6 is 23.2 Å². The van der Waals surface area contributed by atoms with Gasteiger partial charge in [0.05, 0.1) is 36.8 Å². The molecule has 0 bridgehead atoms. The molecule has 1 aliphatic rings. The summed E-state index contributed by atoms with van der Waals surface area (Å²) in [5, 5.41) is 45.7. The van der Waals surface area contributed by atoms with Crippen LogP contribution in [0.3, 0.4) is 0 Å². The summed E-state index contributed by atoms with van der Waals surface area (Å²) >= 11 is 13.3. The summed E-state index contributed by atoms with van der Waals surface area (Å²) in [5.74, 6) is -4.70. The zero-order valence-electron chi connectivity index (χ0n) is 29.3. The molecule has 0 radical (unpaired) electrons. The molecule has 288 valence electrons. The Morgan fingerprint density at radius 1 is 1.00 bits per heavy atom. The molecule has 3 atom stereocenters. The van der Waals surface area contributed by atoms with Crippen molar-refractivity contribution in [3.8, 4) is 22.9 Å². The summed E-state index contributed by atoms with van der Waals surface area (Å²) in [6, 6.07) is 13.9. The van der Waals surface area contributed by atoms with Gasteiger partial charge in [0, 0.05) is 48.1 Å². The number of benzene rings is 2. The zero-order chi connectivity index (χ0) is 40.0. The number of aliphatic hydroxyl groups is 2. The third kappa shape index (κ3) is 9.08. The largest absolute Gasteiger partial charge is 0.481 e. The van der Waals surface area contributed by atoms with E-state index in [9.17, 15) is 39.3 Å². The van der Waals surface area contributed by atoms with Gasteiger partial charge in [-0.25, -0.2) is 4.98 Å². The van der Waals surface area contributed by atoms with Crippen LogP contribution in [0.4, 0.5) is 5.82 Å². The van der Waals surface area contributed by atoms with Crippen molar-refractivity contribution in [2.75, 3.05) is 25.6 Å². The number of carboxylic acid groups (broad SMARTS) is 2. The molecule has 4 aromatic rings. The number of pyridine rings is 2. The van der Waals surface area contributed by atoms with Crippen molar-refractivity contribution >= 4 is 58.4 Å². The highest BCUT2D eigenvalue weighted by molar-refractivity contribution is 6.50. The predicted molar refractivity (Wildman–Crippen MR) is 198 cm³/mol. The molecule has 1 aliphatic carbocycles. The Morgan fingerprint density at radius 2 is 1.73 bits per heavy atom. The number of amides is 1. The number of carboxylic acids is 2. The topological polar surface area (TPSA) is 247 Å². The molecule has 1 amide bonds. The van der Waals surface area contributed by atoms with E-state index >= 15 is 0 Å². The Morgan fingerprint density at radius 3 is 2.38 bits per heavy atom. The van der Waals surface area contributed by atoms with Crippen molar-refractivity contribution < 1.29 is 53.9 Å². The fourth-order valence-corrected chi connectivity index (χ4v) is 6.14. The average Bonchev–Trinajstić information content (AvgIpc) is 3.39. The number of aromatic nitrogens is 2. The molecule has 7 N–H and O–H groups in total. The maximum Gasteiger partial charge on any atom is 0.326 e. The van der Waals surface area contributed by atoms with Crippen molar-refractivity contribution in [2.24, 2.45) is 0 Å². The highest BCUT2D eigenvalue weighted by atomic mass is 35.5. The molecule has 2 unspecified atom stereocenters. The number of nitrogens with zero attached hydrogens (tertiary/aromatic N) is 2. The number of Topliss-reactive ketones (excluding diaryl/α,β-unsaturated/α-hetero) is 2. The lowest BCUT2D eigenvalue weighted by Crippen LogP contribution is -2.52. The second-order valence-electron chi connectivity index (χ2n) is 12.6. The number of fused-ring (bicyclic) bond motifs is 1. The van der Waals surface area contributed by atoms with Crippen LogP contribution in [0, 0.1) is 0 Å². The van der Waals surface area contributed by atoms with Gasteiger partial charge in [0.1, 0.15) is 16.4 Å². The summed E-state index contributed by atoms with van der Waals surface area (Å²) in [7, 11) is 1.35. The number of carbonyl (C=O) groups excluding carboxylic acids is 3. The van der Waals surface area contributed by atoms with Crippen LogP contribution in [0.1, 0.15) is 56.9 Å². The summed E-state index contributed by atoms with van der Waals surface area (Å²) in [5.41, 5.74) is 0.330. The quantitative estimate of drug-likeness (QED) is 0.0757. The van der Waals surface area contributed by atoms with Gasteiger partial charge in [0.2, 0.25) is 23.3 Å². The lowest BCUT2D eigenvalue weighted by atomic mass is 9.95. The van der Waals surface area contributed by atoms with Crippen LogP contribution in [0.15, 0.2) is 60.8 Å². The highest BCUT2D eigenvalue weighted by Crippen LogP contribution is 2.42. The summed E-state index contributed by atoms with van der Waals surface area (Å²) in [6.07, 6.45) is -1.57. The van der Waals surface area contributed by atoms with E-state index in [2.05, 4.69) is 25.9 Å². The molecule has 0 spiro atoms. The first-order valence-corrected chi connectivity index (χ1v) is 17.3. The summed E-state index contributed by atoms with van der Waals surface area (Å²) in [4.78, 5) is 71.0. The third-order valence-corrected chi connectivity index (χ3v) is 9.33. The molecule has 2 aromatic carbocycles. The van der Waals surface area contributed by atoms with Gasteiger partial charge in [0.15, 0.2) is 6.10 Å². The minimum Gasteiger partial charge on any atom is -0.481 e. The van der Waals surface area contributed by atoms with Crippen molar-refractivity contribution in [3.05, 3.63) is 98.7 Å². The number of halogens is 2. The van der Waals surface area contributed by atoms with Gasteiger partial charge in [-0.15, -0.1) is 0 Å². The lowest BCUT2D eigenvalue weighted by molar-refractivity contribution is -0.146. The van der Waals surface area contributed by atoms with Crippen LogP contribution in [0.5, 0.6) is 11.8 Å². The van der Waals surface area contributed by atoms with Crippen LogP contribution in [-0.4, -0.2) is 91.7 Å². The molecule has 2 aromatic heterocycles. The van der Waals surface area contributed by atoms with E-state index < -0.39 is 60.2 Å². The predicted octanol–water partition coefficient (Wildman–Crippen LogP) is 3.45. The zero-order valence-corrected chi connectivity index (χ0v) is 30.8. The molecule has 55 heavy (non-hydrogen) atoms. The van der Waals surface area contributed by atoms with Crippen molar-refractivity contribution in [3.63, 3.8) is 0 Å². The smallest absolute Gasteiger partial charge is 0.326 e. The molecule has 0 saturated heterocycles. The van der Waals surface area contributed by atoms with Crippen LogP contribution in [0.2, 0.25) is 10.0 Å². The minimum atomic E-state index is -1.55. The van der Waals surface area contributed by atoms with Gasteiger partial charge in [-0.2, -0.15) is 4.98 Å². The molecule has 2 heterocycles. The SMILES string of the molecule is COc1nc(O[C@@H]2C(=O)C(=O)c3c(-c4cccc(C(=O)Nc5ccc(CNC(C)(CO)C(=O)O)cn5)c4Cl)cccc32)c(Cl)cc1CNCC(O)CC(=O)O. The van der Waals surface area contributed by atoms with Crippen molar-refractivity contribution in [1.29, 1.82) is 0 Å². The van der Waals surface area contributed by atoms with Crippen LogP contribution in [-0.2, 0) is 27.5 Å². The van der Waals surface area contributed by atoms with E-state index in [1.165, 1.54) is 38.4 Å². The maximum absolute atomic E-state index is 13.5. The lowest BCUT2D eigenvalue weighted by Gasteiger charge is -2.23. The Labute approximate surface area is 323 Å². The Bertz CT molecular complexity index is 2150. The number of ketones is 2. The molecule has 0 fully saturated rings. The second kappa shape index (κ2) is 17.3. The summed E-state index contributed by atoms with van der Waals surface area (Å²) in [6.45, 7) is 0.866. The van der Waals surface area contributed by atoms with E-state index in [0.29, 0.717) is 11.1 Å². The number of hydrogen-bond donors (Lipinski definition) is 7. The Hall–Kier alpha value is -5.49. The first-order valence-electron chi connectivity index (χ1n) is 16.5. The van der Waals surface area contributed by atoms with Gasteiger partial charge < -0.3 is 40.5 Å². The number of carbonyl (C=O) groups is 5. The van der Waals surface area contributed by atoms with Crippen LogP contribution in [0.25, 0.3) is 11.1 Å². The number of methoxy groups -OCH3 is 1. The molecular formula is C37H35Cl2N5O11. The van der Waals surface area contributed by atoms with E-state index in [0.717, 1.165) is 0 Å². The Kier molecular flexibility index (Phi) is 12.8. The second-order valence-corrected chi connectivity index (χ2v) is 13.4. The number of nitrogens with one attached hydrogen (secondary N) is 3. The number of aliphatic hydroxyl groups excluding tert-OH is 2. The fraction of sp³-hybridized carbons (Fsp3) is 0.270. The van der Waals surface area contributed by atoms with E-state index in [-0.39, 0.29) is 75.1 Å². The Balaban J connectivity index is 1.34. The molecule has 0 aliphatic heterocycles. The standard InChI is InChI=1S/C37H35Cl2N5O11/c1-37(17-45,36(52)53)42-14-18-9-10-26(41-13-18)43-33(51)24-8-4-6-22(29(24)39)21-5-3-7-23-28(21)30(49)31(50)32(23)55-35-25(38)11-19(34(44-35)54-2)15-40-16-20(46)12-27(47)48/h3-11,13,20,32,40,42,45-46H,12,14-17H2,1-2H3,(H,47,48)(H,52,53)(H,41,43,51)/t20?,32-,37?/m0/s1. The molecule has 5 rings (SSSR count). The van der Waals surface area contributed by atoms with E-state index in [1.54, 1.807) is 36.4 Å². The number of rotatable bonds is 17. The van der Waals surface area contributed by atoms with Crippen LogP contribution < -0.4 is 25.4 Å². The van der Waals surface area contributed by atoms with Gasteiger partial charge in [0.25, 0.3) is 5.91 Å². The monoisotopic (exact) mass is 795 g/mol. The van der Waals surface area contributed by atoms with E-state index in [4.69, 9.17) is 37.8 Å². The minimum absolute atomic E-state index is 0.00933. The average molecular weight is 797 g/mol. The van der Waals surface area contributed by atoms with Crippen molar-refractivity contribution in [2.45, 2.75) is 44.2 Å². The van der Waals surface area contributed by atoms with E-state index in [1.807, 2.05) is 0 Å². The van der Waals surface area contributed by atoms with Gasteiger partial charge in [-0.1, -0.05) is 59.6 Å². The molecule has 18 heteroatoms. The number of aliphatic carboxylic acids is 2.